The summed E-state index contributed by atoms with van der Waals surface area (Å²) >= 11 is 0.345. The monoisotopic (exact) mass is 299 g/mol. The van der Waals surface area contributed by atoms with E-state index >= 15 is 0 Å². The molecule has 0 aliphatic carbocycles. The summed E-state index contributed by atoms with van der Waals surface area (Å²) in [4.78, 5) is 7.06. The van der Waals surface area contributed by atoms with Crippen LogP contribution in [0.4, 0.5) is 0 Å². The Kier molecular flexibility index (Phi) is 3.14. The molecule has 0 unspecified atom stereocenters. The van der Waals surface area contributed by atoms with Gasteiger partial charge in [-0.15, -0.1) is 0 Å². The van der Waals surface area contributed by atoms with E-state index in [-0.39, 0.29) is 0 Å². The topological polar surface area (TPSA) is 12.9 Å². The average molecular weight is 298 g/mol. The first-order valence-electron chi connectivity index (χ1n) is 5.91. The van der Waals surface area contributed by atoms with Crippen molar-refractivity contribution in [1.82, 2.24) is 4.98 Å². The first-order chi connectivity index (χ1) is 8.84. The summed E-state index contributed by atoms with van der Waals surface area (Å²) in [6.45, 7) is 2.15. The Hall–Kier alpha value is -1.63. The first kappa shape index (κ1) is 11.5. The van der Waals surface area contributed by atoms with Crippen LogP contribution in [-0.2, 0) is 0 Å². The molecule has 0 N–H and O–H groups in total. The summed E-state index contributed by atoms with van der Waals surface area (Å²) in [6.07, 6.45) is 0. The van der Waals surface area contributed by atoms with Gasteiger partial charge in [0.15, 0.2) is 0 Å². The molecule has 1 nitrogen and oxygen atoms in total. The van der Waals surface area contributed by atoms with Gasteiger partial charge in [0.25, 0.3) is 0 Å². The quantitative estimate of drug-likeness (QED) is 0.656. The molecule has 0 bridgehead atoms. The van der Waals surface area contributed by atoms with Crippen LogP contribution in [0.3, 0.4) is 0 Å². The van der Waals surface area contributed by atoms with Gasteiger partial charge < -0.3 is 0 Å². The molecule has 18 heavy (non-hydrogen) atoms. The molecule has 3 rings (SSSR count). The van der Waals surface area contributed by atoms with Crippen molar-refractivity contribution in [2.24, 2.45) is 0 Å². The normalized spacial score (nSPS) is 10.5. The van der Waals surface area contributed by atoms with E-state index in [1.807, 2.05) is 6.07 Å². The fraction of sp³-hybridized carbons (Fsp3) is 0.0625. The van der Waals surface area contributed by atoms with Crippen LogP contribution >= 0.6 is 0 Å². The third-order valence-electron chi connectivity index (χ3n) is 2.95. The minimum absolute atomic E-state index is 0.345. The Labute approximate surface area is 113 Å². The predicted octanol–water partition coefficient (Wildman–Crippen LogP) is 3.78. The number of nitrogens with zero attached hydrogens (tertiary/aromatic N) is 1. The van der Waals surface area contributed by atoms with Gasteiger partial charge in [0, 0.05) is 0 Å². The molecular weight excluding hydrogens is 285 g/mol. The zero-order chi connectivity index (χ0) is 12.4. The molecule has 0 saturated heterocycles. The molecule has 3 aromatic rings. The first-order valence-corrected chi connectivity index (χ1v) is 7.76. The van der Waals surface area contributed by atoms with Crippen molar-refractivity contribution in [3.8, 4) is 21.4 Å². The van der Waals surface area contributed by atoms with E-state index in [9.17, 15) is 0 Å². The molecule has 2 heteroatoms. The summed E-state index contributed by atoms with van der Waals surface area (Å²) in [5, 5.41) is 0. The molecule has 1 heterocycles. The Morgan fingerprint density at radius 3 is 2.39 bits per heavy atom. The molecule has 1 aromatic heterocycles. The molecule has 88 valence electrons. The Morgan fingerprint density at radius 1 is 0.889 bits per heavy atom. The number of rotatable bonds is 2. The van der Waals surface area contributed by atoms with E-state index in [2.05, 4.69) is 60.4 Å². The Morgan fingerprint density at radius 2 is 1.61 bits per heavy atom. The second-order valence-electron chi connectivity index (χ2n) is 4.22. The van der Waals surface area contributed by atoms with Crippen molar-refractivity contribution in [2.75, 3.05) is 0 Å². The van der Waals surface area contributed by atoms with Crippen molar-refractivity contribution < 1.29 is 0 Å². The zero-order valence-corrected chi connectivity index (χ0v) is 11.8. The molecule has 0 saturated carbocycles. The second kappa shape index (κ2) is 4.93. The van der Waals surface area contributed by atoms with Crippen LogP contribution in [0.15, 0.2) is 59.5 Å². The number of hydrogen-bond acceptors (Lipinski definition) is 1. The minimum atomic E-state index is 0.345. The summed E-state index contributed by atoms with van der Waals surface area (Å²) in [5.74, 6) is 0. The van der Waals surface area contributed by atoms with Crippen LogP contribution in [0.1, 0.15) is 5.56 Å². The summed E-state index contributed by atoms with van der Waals surface area (Å²) in [7, 11) is 0. The van der Waals surface area contributed by atoms with Crippen molar-refractivity contribution in [3.63, 3.8) is 0 Å². The van der Waals surface area contributed by atoms with Gasteiger partial charge in [-0.25, -0.2) is 0 Å². The molecule has 0 radical (unpaired) electrons. The van der Waals surface area contributed by atoms with E-state index in [0.29, 0.717) is 14.5 Å². The van der Waals surface area contributed by atoms with Crippen LogP contribution < -0.4 is 0 Å². The van der Waals surface area contributed by atoms with Gasteiger partial charge in [0.2, 0.25) is 0 Å². The Bertz CT molecular complexity index is 656. The van der Waals surface area contributed by atoms with E-state index in [4.69, 9.17) is 4.98 Å². The van der Waals surface area contributed by atoms with Gasteiger partial charge in [-0.1, -0.05) is 0 Å². The van der Waals surface area contributed by atoms with E-state index in [1.165, 1.54) is 21.3 Å². The van der Waals surface area contributed by atoms with Crippen molar-refractivity contribution in [3.05, 3.63) is 65.1 Å². The number of hydrogen-bond donors (Lipinski definition) is 0. The second-order valence-corrected chi connectivity index (χ2v) is 6.02. The van der Waals surface area contributed by atoms with Crippen LogP contribution in [0.5, 0.6) is 0 Å². The van der Waals surface area contributed by atoms with Gasteiger partial charge in [0.05, 0.1) is 0 Å². The summed E-state index contributed by atoms with van der Waals surface area (Å²) in [5.41, 5.74) is 4.93. The van der Waals surface area contributed by atoms with Gasteiger partial charge in [-0.3, -0.25) is 0 Å². The third kappa shape index (κ3) is 2.17. The van der Waals surface area contributed by atoms with Gasteiger partial charge >= 0.3 is 113 Å². The van der Waals surface area contributed by atoms with Crippen LogP contribution in [0.25, 0.3) is 21.4 Å². The van der Waals surface area contributed by atoms with Crippen LogP contribution in [-0.4, -0.2) is 19.5 Å². The molecular formula is C16H13NSe. The molecule has 0 amide bonds. The van der Waals surface area contributed by atoms with E-state index in [0.717, 1.165) is 5.69 Å². The molecule has 0 fully saturated rings. The molecule has 0 spiro atoms. The molecule has 0 aliphatic heterocycles. The summed E-state index contributed by atoms with van der Waals surface area (Å²) < 4.78 is 1.24. The van der Waals surface area contributed by atoms with Crippen LogP contribution in [0.2, 0.25) is 0 Å². The standard InChI is InChI=1S/C16H13NSe/c1-12-7-5-6-10-14(12)16-17-15(11-18-16)13-8-3-2-4-9-13/h2-11H,1H3. The summed E-state index contributed by atoms with van der Waals surface area (Å²) in [6, 6.07) is 18.9. The third-order valence-corrected chi connectivity index (χ3v) is 4.79. The maximum atomic E-state index is 4.79. The molecule has 0 aliphatic rings. The maximum absolute atomic E-state index is 4.79. The predicted molar refractivity (Wildman–Crippen MR) is 76.8 cm³/mol. The number of aryl methyl sites for hydroxylation is 1. The Balaban J connectivity index is 2.03. The SMILES string of the molecule is Cc1ccccc1-c1nc(-c2ccccc2)c[se]1. The zero-order valence-electron chi connectivity index (χ0n) is 10.1. The van der Waals surface area contributed by atoms with Gasteiger partial charge in [0.1, 0.15) is 0 Å². The number of aromatic nitrogens is 1. The number of benzene rings is 2. The van der Waals surface area contributed by atoms with Gasteiger partial charge in [-0.05, 0) is 0 Å². The van der Waals surface area contributed by atoms with Crippen molar-refractivity contribution in [1.29, 1.82) is 0 Å². The van der Waals surface area contributed by atoms with E-state index < -0.39 is 0 Å². The van der Waals surface area contributed by atoms with E-state index in [1.54, 1.807) is 0 Å². The molecule has 0 atom stereocenters. The van der Waals surface area contributed by atoms with Crippen molar-refractivity contribution >= 4 is 14.5 Å². The fourth-order valence-electron chi connectivity index (χ4n) is 1.95. The molecule has 2 aromatic carbocycles. The van der Waals surface area contributed by atoms with Gasteiger partial charge in [-0.2, -0.15) is 0 Å². The average Bonchev–Trinajstić information content (AvgIpc) is 2.90. The van der Waals surface area contributed by atoms with Crippen LogP contribution in [0, 0.1) is 6.92 Å². The fourth-order valence-corrected chi connectivity index (χ4v) is 3.88. The van der Waals surface area contributed by atoms with Crippen molar-refractivity contribution in [2.45, 2.75) is 6.92 Å².